The van der Waals surface area contributed by atoms with Crippen molar-refractivity contribution in [2.75, 3.05) is 77.1 Å². The first-order chi connectivity index (χ1) is 58.7. The number of hydrogen-bond acceptors (Lipinski definition) is 29. The topological polar surface area (TPSA) is 479 Å². The van der Waals surface area contributed by atoms with Crippen molar-refractivity contribution in [2.45, 2.75) is 183 Å². The van der Waals surface area contributed by atoms with E-state index in [9.17, 15) is 77.1 Å². The summed E-state index contributed by atoms with van der Waals surface area (Å²) in [6.07, 6.45) is 26.4. The van der Waals surface area contributed by atoms with Crippen molar-refractivity contribution in [3.63, 3.8) is 0 Å². The number of thioether (sulfide) groups is 1. The molecule has 0 bridgehead atoms. The van der Waals surface area contributed by atoms with Crippen LogP contribution in [0.2, 0.25) is 0 Å². The molecular formula is C82H105ClN4O28S10. The average Bonchev–Trinajstić information content (AvgIpc) is 1.60. The number of carbonyl (C=O) groups excluding carboxylic acids is 1. The largest absolute Gasteiger partial charge is 0.691 e. The van der Waals surface area contributed by atoms with E-state index in [1.165, 1.54) is 58.6 Å². The van der Waals surface area contributed by atoms with E-state index in [1.807, 2.05) is 73.9 Å². The normalized spacial score (nSPS) is 18.1. The maximum absolute atomic E-state index is 12.1. The van der Waals surface area contributed by atoms with Gasteiger partial charge >= 0.3 is 27.2 Å². The molecule has 0 spiro atoms. The fraction of sp³-hybridized carbons (Fsp3) is 0.463. The number of benzene rings is 4. The molecule has 0 atom stereocenters. The number of allylic oxidation sites excluding steroid dienone is 15. The van der Waals surface area contributed by atoms with E-state index in [4.69, 9.17) is 36.9 Å². The van der Waals surface area contributed by atoms with Gasteiger partial charge in [0.05, 0.1) is 45.2 Å². The fourth-order valence-electron chi connectivity index (χ4n) is 15.6. The van der Waals surface area contributed by atoms with E-state index in [-0.39, 0.29) is 51.4 Å². The molecule has 4 aromatic carbocycles. The third kappa shape index (κ3) is 31.4. The fourth-order valence-corrected chi connectivity index (χ4v) is 20.2. The molecule has 0 fully saturated rings. The molecule has 43 heteroatoms. The average molecular weight is 1950 g/mol. The van der Waals surface area contributed by atoms with Gasteiger partial charge in [0, 0.05) is 152 Å². The SMILES string of the molecule is CC1(C)C(/C=C/C2=C(Cl)C(=C/C=C3/N(CCCCS(=O)(=O)O)c4ccc(S(=O)(=O)O)cc4C3(C)C)/CCC2)=[N+](CCCCSOO[O-])c2ccccc21.CC1(C)C(/C=C/C2=C(SCCC(=O)O)C(=C/C=C3/N(CCCCS(=O)(=O)O)c4ccc(S(=O)(=O)O)cc4C3(C)C)/CCC2)=[N+](CCCCSOO[O-])c2ccccc21.O=COCCS.O=S(=O)=O.O=S(=O)=O. The standard InChI is InChI=1S/C41H52N2O11S4.C38H47ClN2O9S3.C3H6O2S.2O3S/c1-40(2)32-14-5-6-15-34(32)42(23-7-9-25-56-54-53-46)36(40)20-16-29-12-11-13-30(39(29)55-26-22-38(44)45)17-21-37-41(3,4)33-28-31(58(50,51)52)18-19-35(33)43(37)24-8-10-27-57(47,48)49;1-37(2)30-14-5-6-15-32(30)40(22-7-9-24-51-50-49-42)34(37)20-16-27-12-11-13-28(36(27)39)17-21-35-38(3,4)31-26-29(53(46,47)48)18-19-33(31)41(35)23-8-10-25-52(43,44)45;4-3-5-1-2-6;2*1-4(2)3/h5-6,14-21,28H,7-13,22-27H2,1-4H3,(H3-,44,45,46,47,48,49,50,51,52);5-6,14-21,26H,7-13,22-25H2,1-4H3,(H2-,42,43,44,45,46,47,48);3,6H,1-2H2;;. The molecule has 5 N–H and O–H groups in total. The monoisotopic (exact) mass is 1950 g/mol. The zero-order valence-corrected chi connectivity index (χ0v) is 79.1. The van der Waals surface area contributed by atoms with Gasteiger partial charge in [0.25, 0.3) is 46.9 Å². The van der Waals surface area contributed by atoms with E-state index in [1.54, 1.807) is 12.1 Å². The summed E-state index contributed by atoms with van der Waals surface area (Å²) in [6.45, 7) is 20.0. The Hall–Kier alpha value is -6.99. The van der Waals surface area contributed by atoms with Gasteiger partial charge in [-0.1, -0.05) is 100.0 Å². The highest BCUT2D eigenvalue weighted by Gasteiger charge is 2.47. The summed E-state index contributed by atoms with van der Waals surface area (Å²) in [7, 11) is -23.4. The van der Waals surface area contributed by atoms with Crippen LogP contribution in [0.1, 0.15) is 174 Å². The third-order valence-electron chi connectivity index (χ3n) is 21.4. The molecule has 4 aromatic rings. The van der Waals surface area contributed by atoms with Gasteiger partial charge in [-0.15, -0.1) is 37.0 Å². The highest BCUT2D eigenvalue weighted by molar-refractivity contribution is 8.03. The van der Waals surface area contributed by atoms with Crippen LogP contribution in [0.15, 0.2) is 187 Å². The Morgan fingerprint density at radius 3 is 1.34 bits per heavy atom. The summed E-state index contributed by atoms with van der Waals surface area (Å²) >= 11 is 14.4. The van der Waals surface area contributed by atoms with Gasteiger partial charge in [0.2, 0.25) is 11.4 Å². The second-order valence-corrected chi connectivity index (χ2v) is 41.5. The third-order valence-corrected chi connectivity index (χ3v) is 27.8. The van der Waals surface area contributed by atoms with Gasteiger partial charge in [-0.2, -0.15) is 64.1 Å². The number of ether oxygens (including phenoxy) is 1. The molecule has 10 rings (SSSR count). The minimum absolute atomic E-state index is 0.00688. The van der Waals surface area contributed by atoms with Crippen molar-refractivity contribution in [2.24, 2.45) is 0 Å². The van der Waals surface area contributed by atoms with Crippen molar-refractivity contribution < 1.29 is 135 Å². The molecule has 4 aliphatic heterocycles. The smallest absolute Gasteiger partial charge is 0.425 e. The summed E-state index contributed by atoms with van der Waals surface area (Å²) < 4.78 is 201. The second kappa shape index (κ2) is 49.1. The lowest BCUT2D eigenvalue weighted by Gasteiger charge is -2.27. The Morgan fingerprint density at radius 2 is 0.944 bits per heavy atom. The van der Waals surface area contributed by atoms with Crippen molar-refractivity contribution in [1.29, 1.82) is 0 Å². The summed E-state index contributed by atoms with van der Waals surface area (Å²) in [5.41, 5.74) is 13.9. The first kappa shape index (κ1) is 107. The highest BCUT2D eigenvalue weighted by atomic mass is 35.5. The van der Waals surface area contributed by atoms with Gasteiger partial charge in [0.15, 0.2) is 11.4 Å². The second-order valence-electron chi connectivity index (χ2n) is 31.2. The Morgan fingerprint density at radius 1 is 0.536 bits per heavy atom. The number of nitrogens with zero attached hydrogens (tertiary/aromatic N) is 4. The Balaban J connectivity index is 0.000000336. The van der Waals surface area contributed by atoms with Crippen LogP contribution in [-0.4, -0.2) is 183 Å². The Kier molecular flexibility index (Phi) is 42.0. The van der Waals surface area contributed by atoms with Crippen LogP contribution >= 0.6 is 60.1 Å². The van der Waals surface area contributed by atoms with Crippen LogP contribution in [0.25, 0.3) is 0 Å². The minimum Gasteiger partial charge on any atom is -0.691 e. The lowest BCUT2D eigenvalue weighted by Crippen LogP contribution is -2.28. The number of thiol groups is 1. The zero-order chi connectivity index (χ0) is 92.9. The number of hydrogen-bond donors (Lipinski definition) is 6. The van der Waals surface area contributed by atoms with Gasteiger partial charge in [-0.25, -0.2) is 0 Å². The minimum atomic E-state index is -4.48. The number of carboxylic acids is 1. The summed E-state index contributed by atoms with van der Waals surface area (Å²) in [4.78, 5) is 25.6. The van der Waals surface area contributed by atoms with Crippen LogP contribution in [-0.2, 0) is 116 Å². The number of carbonyl (C=O) groups is 2. The number of rotatable bonds is 39. The number of halogens is 1. The molecule has 2 aliphatic carbocycles. The highest BCUT2D eigenvalue weighted by Crippen LogP contribution is 2.52. The Bertz CT molecular complexity index is 5550. The van der Waals surface area contributed by atoms with E-state index in [0.29, 0.717) is 78.2 Å². The predicted molar refractivity (Wildman–Crippen MR) is 479 cm³/mol. The molecule has 32 nitrogen and oxygen atoms in total. The van der Waals surface area contributed by atoms with Gasteiger partial charge < -0.3 is 30.2 Å². The Labute approximate surface area is 757 Å². The lowest BCUT2D eigenvalue weighted by atomic mass is 9.81. The van der Waals surface area contributed by atoms with Crippen LogP contribution in [0.4, 0.5) is 22.7 Å². The molecule has 0 saturated carbocycles. The van der Waals surface area contributed by atoms with Crippen LogP contribution in [0, 0.1) is 0 Å². The van der Waals surface area contributed by atoms with Crippen LogP contribution in [0.3, 0.4) is 0 Å². The number of para-hydroxylation sites is 2. The molecule has 0 aromatic heterocycles. The molecule has 0 radical (unpaired) electrons. The maximum Gasteiger partial charge on any atom is 0.425 e. The van der Waals surface area contributed by atoms with Crippen molar-refractivity contribution in [3.8, 4) is 0 Å². The number of fused-ring (bicyclic) bond motifs is 4. The van der Waals surface area contributed by atoms with Crippen molar-refractivity contribution >= 4 is 168 Å². The maximum atomic E-state index is 12.1. The van der Waals surface area contributed by atoms with Crippen molar-refractivity contribution in [3.05, 3.63) is 199 Å². The molecule has 4 heterocycles. The van der Waals surface area contributed by atoms with Gasteiger partial charge in [-0.05, 0) is 187 Å². The van der Waals surface area contributed by atoms with Gasteiger partial charge in [-0.3, -0.25) is 37.9 Å². The lowest BCUT2D eigenvalue weighted by molar-refractivity contribution is -0.777. The number of carboxylic acid groups (broad SMARTS) is 1. The molecular weight excluding hydrogens is 1850 g/mol. The molecule has 125 heavy (non-hydrogen) atoms. The molecule has 0 saturated heterocycles. The summed E-state index contributed by atoms with van der Waals surface area (Å²) in [5.74, 6) is 0.613. The number of aliphatic carboxylic acids is 1. The van der Waals surface area contributed by atoms with E-state index < -0.39 is 78.5 Å². The first-order valence-electron chi connectivity index (χ1n) is 39.4. The quantitative estimate of drug-likeness (QED) is 0.00353. The number of anilines is 2. The predicted octanol–water partition coefficient (Wildman–Crippen LogP) is 13.0. The number of unbranched alkanes of at least 4 members (excludes halogenated alkanes) is 4. The molecule has 6 aliphatic rings. The first-order valence-corrected chi connectivity index (χ1v) is 51.3. The molecule has 0 amide bonds. The molecule has 688 valence electrons. The summed E-state index contributed by atoms with van der Waals surface area (Å²) in [5, 5.41) is 37.4. The van der Waals surface area contributed by atoms with E-state index in [0.717, 1.165) is 163 Å². The van der Waals surface area contributed by atoms with Crippen molar-refractivity contribution in [1.82, 2.24) is 0 Å². The summed E-state index contributed by atoms with van der Waals surface area (Å²) in [6, 6.07) is 25.8. The molecule has 0 unspecified atom stereocenters. The van der Waals surface area contributed by atoms with Gasteiger partial charge in [0.1, 0.15) is 13.1 Å². The van der Waals surface area contributed by atoms with Crippen LogP contribution < -0.4 is 20.3 Å². The van der Waals surface area contributed by atoms with Crippen LogP contribution in [0.5, 0.6) is 0 Å². The van der Waals surface area contributed by atoms with E-state index >= 15 is 0 Å². The zero-order valence-electron chi connectivity index (χ0n) is 70.1. The van der Waals surface area contributed by atoms with E-state index in [2.05, 4.69) is 134 Å².